The number of hydrogen-bond acceptors (Lipinski definition) is 5. The van der Waals surface area contributed by atoms with Gasteiger partial charge in [0.25, 0.3) is 0 Å². The smallest absolute Gasteiger partial charge is 0.369 e. The van der Waals surface area contributed by atoms with Gasteiger partial charge in [-0.3, -0.25) is 0 Å². The molecule has 1 aromatic rings. The van der Waals surface area contributed by atoms with Crippen molar-refractivity contribution in [2.24, 2.45) is 5.16 Å². The quantitative estimate of drug-likeness (QED) is 0.499. The first-order chi connectivity index (χ1) is 9.58. The zero-order valence-electron chi connectivity index (χ0n) is 12.0. The van der Waals surface area contributed by atoms with E-state index in [1.54, 1.807) is 6.20 Å². The number of aryl methyl sites for hydroxylation is 1. The summed E-state index contributed by atoms with van der Waals surface area (Å²) in [7, 11) is 4.00. The molecule has 5 nitrogen and oxygen atoms in total. The molecule has 0 spiro atoms. The molecule has 0 saturated heterocycles. The molecule has 106 valence electrons. The normalized spacial score (nSPS) is 16.5. The summed E-state index contributed by atoms with van der Waals surface area (Å²) in [6, 6.07) is 7.84. The van der Waals surface area contributed by atoms with Gasteiger partial charge in [-0.25, -0.2) is 4.79 Å². The highest BCUT2D eigenvalue weighted by molar-refractivity contribution is 6.28. The third kappa shape index (κ3) is 3.45. The number of nitrogens with zero attached hydrogens (tertiary/aromatic N) is 2. The Balaban J connectivity index is 2.12. The molecule has 0 unspecified atom stereocenters. The van der Waals surface area contributed by atoms with Crippen LogP contribution in [0.5, 0.6) is 0 Å². The van der Waals surface area contributed by atoms with Gasteiger partial charge in [-0.15, -0.1) is 0 Å². The molecule has 1 N–H and O–H groups in total. The molecule has 2 rings (SSSR count). The van der Waals surface area contributed by atoms with Gasteiger partial charge in [0.05, 0.1) is 0 Å². The van der Waals surface area contributed by atoms with Crippen LogP contribution >= 0.6 is 0 Å². The lowest BCUT2D eigenvalue weighted by Gasteiger charge is -2.09. The summed E-state index contributed by atoms with van der Waals surface area (Å²) in [5, 5.41) is 6.99. The van der Waals surface area contributed by atoms with Crippen LogP contribution in [0, 0.1) is 6.92 Å². The number of rotatable bonds is 5. The third-order valence-corrected chi connectivity index (χ3v) is 2.94. The fourth-order valence-corrected chi connectivity index (χ4v) is 1.87. The SMILES string of the molecule is Cc1cccc(C2=NOC(=O)/C2=C\NCCN(C)C)c1. The minimum atomic E-state index is -0.418. The zero-order valence-corrected chi connectivity index (χ0v) is 12.0. The van der Waals surface area contributed by atoms with E-state index in [0.29, 0.717) is 11.3 Å². The molecule has 0 bridgehead atoms. The Kier molecular flexibility index (Phi) is 4.53. The molecule has 0 aromatic heterocycles. The second-order valence-corrected chi connectivity index (χ2v) is 5.00. The van der Waals surface area contributed by atoms with E-state index >= 15 is 0 Å². The van der Waals surface area contributed by atoms with Crippen LogP contribution in [0.1, 0.15) is 11.1 Å². The van der Waals surface area contributed by atoms with Gasteiger partial charge in [-0.2, -0.15) is 0 Å². The maximum absolute atomic E-state index is 11.7. The molecule has 0 saturated carbocycles. The van der Waals surface area contributed by atoms with Crippen LogP contribution in [0.15, 0.2) is 41.2 Å². The Hall–Kier alpha value is -2.14. The predicted molar refractivity (Wildman–Crippen MR) is 78.4 cm³/mol. The Labute approximate surface area is 118 Å². The lowest BCUT2D eigenvalue weighted by molar-refractivity contribution is -0.136. The molecule has 5 heteroatoms. The summed E-state index contributed by atoms with van der Waals surface area (Å²) in [6.45, 7) is 3.64. The minimum absolute atomic E-state index is 0.418. The van der Waals surface area contributed by atoms with Crippen LogP contribution in [-0.4, -0.2) is 43.8 Å². The van der Waals surface area contributed by atoms with Crippen LogP contribution in [0.2, 0.25) is 0 Å². The summed E-state index contributed by atoms with van der Waals surface area (Å²) in [5.74, 6) is -0.418. The van der Waals surface area contributed by atoms with E-state index in [9.17, 15) is 4.79 Å². The van der Waals surface area contributed by atoms with E-state index < -0.39 is 5.97 Å². The van der Waals surface area contributed by atoms with Crippen LogP contribution < -0.4 is 5.32 Å². The molecule has 0 radical (unpaired) electrons. The second kappa shape index (κ2) is 6.34. The summed E-state index contributed by atoms with van der Waals surface area (Å²) in [6.07, 6.45) is 1.68. The minimum Gasteiger partial charge on any atom is -0.389 e. The first kappa shape index (κ1) is 14.3. The Morgan fingerprint density at radius 3 is 2.90 bits per heavy atom. The second-order valence-electron chi connectivity index (χ2n) is 5.00. The van der Waals surface area contributed by atoms with E-state index in [1.807, 2.05) is 45.3 Å². The molecule has 1 heterocycles. The first-order valence-corrected chi connectivity index (χ1v) is 6.53. The van der Waals surface area contributed by atoms with Crippen LogP contribution in [-0.2, 0) is 9.63 Å². The third-order valence-electron chi connectivity index (χ3n) is 2.94. The maximum atomic E-state index is 11.7. The van der Waals surface area contributed by atoms with Gasteiger partial charge in [-0.1, -0.05) is 28.9 Å². The molecule has 0 aliphatic carbocycles. The Morgan fingerprint density at radius 2 is 2.20 bits per heavy atom. The standard InChI is InChI=1S/C15H19N3O2/c1-11-5-4-6-12(9-11)14-13(15(19)20-17-14)10-16-7-8-18(2)3/h4-6,9-10,16H,7-8H2,1-3H3/b13-10-. The highest BCUT2D eigenvalue weighted by atomic mass is 16.7. The molecule has 1 aliphatic heterocycles. The van der Waals surface area contributed by atoms with E-state index in [-0.39, 0.29) is 0 Å². The van der Waals surface area contributed by atoms with Gasteiger partial charge in [-0.05, 0) is 27.1 Å². The summed E-state index contributed by atoms with van der Waals surface area (Å²) in [4.78, 5) is 18.6. The summed E-state index contributed by atoms with van der Waals surface area (Å²) in [5.41, 5.74) is 3.05. The summed E-state index contributed by atoms with van der Waals surface area (Å²) >= 11 is 0. The van der Waals surface area contributed by atoms with Gasteiger partial charge >= 0.3 is 5.97 Å². The molecule has 20 heavy (non-hydrogen) atoms. The molecule has 1 aromatic carbocycles. The average Bonchev–Trinajstić information content (AvgIpc) is 2.76. The van der Waals surface area contributed by atoms with Gasteiger partial charge in [0.2, 0.25) is 0 Å². The lowest BCUT2D eigenvalue weighted by atomic mass is 10.0. The Bertz CT molecular complexity index is 562. The lowest BCUT2D eigenvalue weighted by Crippen LogP contribution is -2.24. The van der Waals surface area contributed by atoms with E-state index in [1.165, 1.54) is 0 Å². The van der Waals surface area contributed by atoms with Crippen molar-refractivity contribution in [3.8, 4) is 0 Å². The van der Waals surface area contributed by atoms with Crippen LogP contribution in [0.3, 0.4) is 0 Å². The fourth-order valence-electron chi connectivity index (χ4n) is 1.87. The van der Waals surface area contributed by atoms with Gasteiger partial charge in [0.1, 0.15) is 11.3 Å². The fraction of sp³-hybridized carbons (Fsp3) is 0.333. The van der Waals surface area contributed by atoms with Gasteiger partial charge in [0.15, 0.2) is 0 Å². The molecule has 0 atom stereocenters. The predicted octanol–water partition coefficient (Wildman–Crippen LogP) is 1.29. The largest absolute Gasteiger partial charge is 0.389 e. The number of oxime groups is 1. The van der Waals surface area contributed by atoms with Gasteiger partial charge < -0.3 is 15.1 Å². The molecular formula is C15H19N3O2. The van der Waals surface area contributed by atoms with E-state index in [4.69, 9.17) is 4.84 Å². The molecule has 0 fully saturated rings. The first-order valence-electron chi connectivity index (χ1n) is 6.53. The number of hydrogen-bond donors (Lipinski definition) is 1. The van der Waals surface area contributed by atoms with E-state index in [0.717, 1.165) is 24.2 Å². The van der Waals surface area contributed by atoms with Crippen LogP contribution in [0.4, 0.5) is 0 Å². The average molecular weight is 273 g/mol. The van der Waals surface area contributed by atoms with Crippen molar-refractivity contribution in [2.45, 2.75) is 6.92 Å². The van der Waals surface area contributed by atoms with Crippen LogP contribution in [0.25, 0.3) is 0 Å². The number of nitrogens with one attached hydrogen (secondary N) is 1. The highest BCUT2D eigenvalue weighted by Crippen LogP contribution is 2.18. The number of benzene rings is 1. The molecule has 1 aliphatic rings. The van der Waals surface area contributed by atoms with Crippen molar-refractivity contribution in [1.29, 1.82) is 0 Å². The molecular weight excluding hydrogens is 254 g/mol. The van der Waals surface area contributed by atoms with Gasteiger partial charge in [0, 0.05) is 24.9 Å². The van der Waals surface area contributed by atoms with Crippen molar-refractivity contribution in [2.75, 3.05) is 27.2 Å². The number of carbonyl (C=O) groups excluding carboxylic acids is 1. The van der Waals surface area contributed by atoms with Crippen molar-refractivity contribution in [3.63, 3.8) is 0 Å². The number of carbonyl (C=O) groups is 1. The Morgan fingerprint density at radius 1 is 1.40 bits per heavy atom. The van der Waals surface area contributed by atoms with Crippen molar-refractivity contribution < 1.29 is 9.63 Å². The van der Waals surface area contributed by atoms with Crippen molar-refractivity contribution >= 4 is 11.7 Å². The topological polar surface area (TPSA) is 53.9 Å². The number of likely N-dealkylation sites (N-methyl/N-ethyl adjacent to an activating group) is 1. The monoisotopic (exact) mass is 273 g/mol. The maximum Gasteiger partial charge on any atom is 0.369 e. The van der Waals surface area contributed by atoms with Crippen molar-refractivity contribution in [1.82, 2.24) is 10.2 Å². The highest BCUT2D eigenvalue weighted by Gasteiger charge is 2.26. The molecule has 0 amide bonds. The summed E-state index contributed by atoms with van der Waals surface area (Å²) < 4.78 is 0. The van der Waals surface area contributed by atoms with Crippen molar-refractivity contribution in [3.05, 3.63) is 47.2 Å². The van der Waals surface area contributed by atoms with E-state index in [2.05, 4.69) is 15.4 Å². The zero-order chi connectivity index (χ0) is 14.5.